The Labute approximate surface area is 69.0 Å². The Hall–Kier alpha value is -1.96. The number of nitrogens with zero attached hydrogens (tertiary/aromatic N) is 1. The smallest absolute Gasteiger partial charge is 0.276 e. The van der Waals surface area contributed by atoms with E-state index >= 15 is 0 Å². The first-order valence-electron chi connectivity index (χ1n) is 3.26. The first kappa shape index (κ1) is 8.14. The van der Waals surface area contributed by atoms with Crippen molar-refractivity contribution in [1.82, 2.24) is 9.97 Å². The summed E-state index contributed by atoms with van der Waals surface area (Å²) in [6.45, 7) is 0.292. The van der Waals surface area contributed by atoms with Gasteiger partial charge in [-0.25, -0.2) is 4.98 Å². The fraction of sp³-hybridized carbons (Fsp3) is 0.143. The van der Waals surface area contributed by atoms with Crippen molar-refractivity contribution in [3.63, 3.8) is 0 Å². The van der Waals surface area contributed by atoms with Crippen LogP contribution in [-0.2, 0) is 0 Å². The highest BCUT2D eigenvalue weighted by atomic mass is 16.1. The summed E-state index contributed by atoms with van der Waals surface area (Å²) in [5, 5.41) is 2.71. The summed E-state index contributed by atoms with van der Waals surface area (Å²) in [4.78, 5) is 17.0. The molecule has 0 atom stereocenters. The Morgan fingerprint density at radius 1 is 1.83 bits per heavy atom. The fourth-order valence-electron chi connectivity index (χ4n) is 0.686. The SMILES string of the molecule is C#CCNc1nc[nH]c(=O)c1N. The molecule has 0 spiro atoms. The summed E-state index contributed by atoms with van der Waals surface area (Å²) >= 11 is 0. The van der Waals surface area contributed by atoms with E-state index in [1.807, 2.05) is 0 Å². The lowest BCUT2D eigenvalue weighted by molar-refractivity contribution is 1.11. The zero-order chi connectivity index (χ0) is 8.97. The van der Waals surface area contributed by atoms with Gasteiger partial charge in [-0.15, -0.1) is 6.42 Å². The largest absolute Gasteiger partial charge is 0.391 e. The van der Waals surface area contributed by atoms with E-state index in [-0.39, 0.29) is 11.2 Å². The predicted molar refractivity (Wildman–Crippen MR) is 46.6 cm³/mol. The number of aromatic amines is 1. The van der Waals surface area contributed by atoms with Gasteiger partial charge in [-0.1, -0.05) is 5.92 Å². The van der Waals surface area contributed by atoms with Gasteiger partial charge >= 0.3 is 0 Å². The number of nitrogens with two attached hydrogens (primary N) is 1. The molecule has 5 heteroatoms. The van der Waals surface area contributed by atoms with Gasteiger partial charge in [-0.2, -0.15) is 0 Å². The molecule has 12 heavy (non-hydrogen) atoms. The average Bonchev–Trinajstić information content (AvgIpc) is 2.08. The second-order valence-electron chi connectivity index (χ2n) is 2.05. The molecule has 0 saturated heterocycles. The van der Waals surface area contributed by atoms with Crippen LogP contribution in [0.4, 0.5) is 11.5 Å². The highest BCUT2D eigenvalue weighted by Crippen LogP contribution is 2.05. The summed E-state index contributed by atoms with van der Waals surface area (Å²) in [5.74, 6) is 2.66. The molecule has 4 N–H and O–H groups in total. The number of aromatic nitrogens is 2. The van der Waals surface area contributed by atoms with E-state index in [9.17, 15) is 4.79 Å². The molecule has 0 unspecified atom stereocenters. The van der Waals surface area contributed by atoms with Crippen LogP contribution in [0.25, 0.3) is 0 Å². The maximum atomic E-state index is 10.9. The van der Waals surface area contributed by atoms with E-state index in [1.54, 1.807) is 0 Å². The molecule has 0 fully saturated rings. The van der Waals surface area contributed by atoms with E-state index in [4.69, 9.17) is 12.2 Å². The highest BCUT2D eigenvalue weighted by Gasteiger charge is 2.01. The van der Waals surface area contributed by atoms with E-state index in [0.29, 0.717) is 12.4 Å². The third kappa shape index (κ3) is 1.55. The van der Waals surface area contributed by atoms with Crippen LogP contribution < -0.4 is 16.6 Å². The van der Waals surface area contributed by atoms with Crippen LogP contribution >= 0.6 is 0 Å². The van der Waals surface area contributed by atoms with Crippen LogP contribution in [-0.4, -0.2) is 16.5 Å². The van der Waals surface area contributed by atoms with Gasteiger partial charge in [0.2, 0.25) is 0 Å². The van der Waals surface area contributed by atoms with E-state index in [2.05, 4.69) is 21.2 Å². The Balaban J connectivity index is 2.94. The van der Waals surface area contributed by atoms with Gasteiger partial charge in [0.15, 0.2) is 5.82 Å². The summed E-state index contributed by atoms with van der Waals surface area (Å²) in [6.07, 6.45) is 6.26. The second kappa shape index (κ2) is 3.44. The fourth-order valence-corrected chi connectivity index (χ4v) is 0.686. The van der Waals surface area contributed by atoms with E-state index in [0.717, 1.165) is 0 Å². The molecule has 0 aromatic carbocycles. The zero-order valence-electron chi connectivity index (χ0n) is 6.29. The molecular weight excluding hydrogens is 156 g/mol. The number of anilines is 2. The Morgan fingerprint density at radius 2 is 2.58 bits per heavy atom. The van der Waals surface area contributed by atoms with Crippen molar-refractivity contribution in [2.24, 2.45) is 0 Å². The molecule has 5 nitrogen and oxygen atoms in total. The first-order chi connectivity index (χ1) is 5.75. The number of terminal acetylenes is 1. The van der Waals surface area contributed by atoms with Crippen LogP contribution in [0.2, 0.25) is 0 Å². The van der Waals surface area contributed by atoms with Crippen molar-refractivity contribution in [2.45, 2.75) is 0 Å². The van der Waals surface area contributed by atoms with Gasteiger partial charge in [0, 0.05) is 0 Å². The molecular formula is C7H8N4O. The summed E-state index contributed by atoms with van der Waals surface area (Å²) < 4.78 is 0. The highest BCUT2D eigenvalue weighted by molar-refractivity contribution is 5.59. The Kier molecular flexibility index (Phi) is 2.33. The van der Waals surface area contributed by atoms with Crippen molar-refractivity contribution >= 4 is 11.5 Å². The van der Waals surface area contributed by atoms with Gasteiger partial charge in [-0.3, -0.25) is 4.79 Å². The molecule has 1 aromatic rings. The van der Waals surface area contributed by atoms with Crippen molar-refractivity contribution in [3.8, 4) is 12.3 Å². The molecule has 1 rings (SSSR count). The number of nitrogens with one attached hydrogen (secondary N) is 2. The van der Waals surface area contributed by atoms with Crippen LogP contribution in [0.1, 0.15) is 0 Å². The molecule has 1 heterocycles. The van der Waals surface area contributed by atoms with Gasteiger partial charge in [-0.05, 0) is 0 Å². The number of hydrogen-bond donors (Lipinski definition) is 3. The summed E-state index contributed by atoms with van der Waals surface area (Å²) in [5.41, 5.74) is 5.06. The number of nitrogen functional groups attached to an aromatic ring is 1. The Morgan fingerprint density at radius 3 is 3.25 bits per heavy atom. The Bertz CT molecular complexity index is 362. The lowest BCUT2D eigenvalue weighted by Gasteiger charge is -2.02. The first-order valence-corrected chi connectivity index (χ1v) is 3.26. The van der Waals surface area contributed by atoms with Crippen LogP contribution in [0, 0.1) is 12.3 Å². The van der Waals surface area contributed by atoms with E-state index < -0.39 is 0 Å². The van der Waals surface area contributed by atoms with Crippen molar-refractivity contribution in [1.29, 1.82) is 0 Å². The molecule has 1 aromatic heterocycles. The molecule has 62 valence electrons. The van der Waals surface area contributed by atoms with Crippen molar-refractivity contribution in [3.05, 3.63) is 16.7 Å². The van der Waals surface area contributed by atoms with Crippen LogP contribution in [0.3, 0.4) is 0 Å². The average molecular weight is 164 g/mol. The number of rotatable bonds is 2. The molecule has 0 radical (unpaired) electrons. The van der Waals surface area contributed by atoms with Gasteiger partial charge < -0.3 is 16.0 Å². The number of hydrogen-bond acceptors (Lipinski definition) is 4. The van der Waals surface area contributed by atoms with E-state index in [1.165, 1.54) is 6.33 Å². The van der Waals surface area contributed by atoms with Crippen molar-refractivity contribution in [2.75, 3.05) is 17.6 Å². The number of H-pyrrole nitrogens is 1. The van der Waals surface area contributed by atoms with Crippen molar-refractivity contribution < 1.29 is 0 Å². The third-order valence-electron chi connectivity index (χ3n) is 1.25. The normalized spacial score (nSPS) is 8.92. The zero-order valence-corrected chi connectivity index (χ0v) is 6.29. The summed E-state index contributed by atoms with van der Waals surface area (Å²) in [7, 11) is 0. The molecule has 0 bridgehead atoms. The summed E-state index contributed by atoms with van der Waals surface area (Å²) in [6, 6.07) is 0. The standard InChI is InChI=1S/C7H8N4O/c1-2-3-9-6-5(8)7(12)11-4-10-6/h1,4H,3,8H2,(H2,9,10,11,12). The maximum Gasteiger partial charge on any atom is 0.276 e. The monoisotopic (exact) mass is 164 g/mol. The molecule has 0 aliphatic rings. The minimum Gasteiger partial charge on any atom is -0.391 e. The van der Waals surface area contributed by atoms with Gasteiger partial charge in [0.05, 0.1) is 12.9 Å². The maximum absolute atomic E-state index is 10.9. The molecule has 0 amide bonds. The predicted octanol–water partition coefficient (Wildman–Crippen LogP) is -0.603. The molecule has 0 saturated carbocycles. The van der Waals surface area contributed by atoms with Gasteiger partial charge in [0.25, 0.3) is 5.56 Å². The lowest BCUT2D eigenvalue weighted by Crippen LogP contribution is -2.16. The van der Waals surface area contributed by atoms with Crippen LogP contribution in [0.15, 0.2) is 11.1 Å². The lowest BCUT2D eigenvalue weighted by atomic mass is 10.4. The quantitative estimate of drug-likeness (QED) is 0.509. The topological polar surface area (TPSA) is 83.8 Å². The third-order valence-corrected chi connectivity index (χ3v) is 1.25. The van der Waals surface area contributed by atoms with Crippen LogP contribution in [0.5, 0.6) is 0 Å². The second-order valence-corrected chi connectivity index (χ2v) is 2.05. The molecule has 0 aliphatic heterocycles. The minimum absolute atomic E-state index is 0.0488. The minimum atomic E-state index is -0.371. The van der Waals surface area contributed by atoms with Gasteiger partial charge in [0.1, 0.15) is 5.69 Å². The molecule has 0 aliphatic carbocycles.